The van der Waals surface area contributed by atoms with Gasteiger partial charge >= 0.3 is 5.97 Å². The molecule has 0 bridgehead atoms. The summed E-state index contributed by atoms with van der Waals surface area (Å²) in [6.07, 6.45) is 1.20. The summed E-state index contributed by atoms with van der Waals surface area (Å²) in [5, 5.41) is 0.269. The van der Waals surface area contributed by atoms with Gasteiger partial charge in [-0.2, -0.15) is 0 Å². The fraction of sp³-hybridized carbons (Fsp3) is 0.323. The van der Waals surface area contributed by atoms with Gasteiger partial charge in [0.1, 0.15) is 11.6 Å². The molecule has 3 heterocycles. The number of morpholine rings is 1. The largest absolute Gasteiger partial charge is 0.472 e. The van der Waals surface area contributed by atoms with E-state index in [1.165, 1.54) is 18.1 Å². The number of para-hydroxylation sites is 1. The average molecular weight is 628 g/mol. The molecule has 3 aromatic rings. The molecule has 2 saturated heterocycles. The minimum atomic E-state index is -0.634. The lowest BCUT2D eigenvalue weighted by molar-refractivity contribution is -0.117. The molecule has 9 nitrogen and oxygen atoms in total. The number of anilines is 2. The standard InChI is InChI=1S/C31H28Cl2FN3O6/c1-41-31(40)22-14-25(34)21(15-26(22)35-8-10-42-11-9-35)20-5-2-4-18-16-36(17-43-29(18)20)30(39)28-23(32)12-19(13-24(28)33)37-7-3-6-27(37)38/h2,4-5,12-15H,3,6-11,16-17H2,1H3. The highest BCUT2D eigenvalue weighted by Gasteiger charge is 2.31. The fourth-order valence-corrected chi connectivity index (χ4v) is 6.36. The van der Waals surface area contributed by atoms with Gasteiger partial charge in [0.05, 0.1) is 53.7 Å². The summed E-state index contributed by atoms with van der Waals surface area (Å²) in [5.41, 5.74) is 2.74. The van der Waals surface area contributed by atoms with E-state index in [1.54, 1.807) is 41.3 Å². The number of fused-ring (bicyclic) bond motifs is 1. The van der Waals surface area contributed by atoms with Crippen LogP contribution in [0.1, 0.15) is 39.1 Å². The van der Waals surface area contributed by atoms with Crippen molar-refractivity contribution in [3.63, 3.8) is 0 Å². The van der Waals surface area contributed by atoms with E-state index in [-0.39, 0.29) is 45.9 Å². The molecule has 0 aromatic heterocycles. The Morgan fingerprint density at radius 1 is 1.00 bits per heavy atom. The zero-order valence-corrected chi connectivity index (χ0v) is 24.8. The van der Waals surface area contributed by atoms with Gasteiger partial charge in [0.15, 0.2) is 6.73 Å². The molecule has 0 spiro atoms. The molecule has 43 heavy (non-hydrogen) atoms. The predicted octanol–water partition coefficient (Wildman–Crippen LogP) is 5.54. The Bertz CT molecular complexity index is 1600. The number of halogens is 3. The maximum atomic E-state index is 15.6. The first-order valence-corrected chi connectivity index (χ1v) is 14.6. The Hall–Kier alpha value is -3.86. The molecule has 0 N–H and O–H groups in total. The third-order valence-electron chi connectivity index (χ3n) is 7.87. The van der Waals surface area contributed by atoms with Crippen molar-refractivity contribution in [1.29, 1.82) is 0 Å². The topological polar surface area (TPSA) is 88.6 Å². The van der Waals surface area contributed by atoms with Gasteiger partial charge in [-0.3, -0.25) is 9.59 Å². The second-order valence-corrected chi connectivity index (χ2v) is 11.3. The fourth-order valence-electron chi connectivity index (χ4n) is 5.72. The second-order valence-electron chi connectivity index (χ2n) is 10.4. The summed E-state index contributed by atoms with van der Waals surface area (Å²) >= 11 is 13.1. The number of esters is 1. The number of hydrogen-bond donors (Lipinski definition) is 0. The Kier molecular flexibility index (Phi) is 8.17. The molecule has 0 unspecified atom stereocenters. The van der Waals surface area contributed by atoms with Crippen molar-refractivity contribution >= 4 is 52.4 Å². The van der Waals surface area contributed by atoms with Crippen molar-refractivity contribution in [3.8, 4) is 16.9 Å². The smallest absolute Gasteiger partial charge is 0.340 e. The number of methoxy groups -OCH3 is 1. The van der Waals surface area contributed by atoms with E-state index in [0.717, 1.165) is 6.42 Å². The van der Waals surface area contributed by atoms with E-state index < -0.39 is 17.7 Å². The molecule has 2 amide bonds. The molecular weight excluding hydrogens is 600 g/mol. The third kappa shape index (κ3) is 5.50. The molecule has 0 atom stereocenters. The average Bonchev–Trinajstić information content (AvgIpc) is 3.45. The van der Waals surface area contributed by atoms with Gasteiger partial charge < -0.3 is 28.9 Å². The number of hydrogen-bond acceptors (Lipinski definition) is 7. The third-order valence-corrected chi connectivity index (χ3v) is 8.46. The van der Waals surface area contributed by atoms with Crippen LogP contribution in [0, 0.1) is 5.82 Å². The maximum Gasteiger partial charge on any atom is 0.340 e. The highest BCUT2D eigenvalue weighted by Crippen LogP contribution is 2.41. The highest BCUT2D eigenvalue weighted by molar-refractivity contribution is 6.40. The van der Waals surface area contributed by atoms with Crippen LogP contribution in [0.5, 0.6) is 5.75 Å². The van der Waals surface area contributed by atoms with Crippen molar-refractivity contribution in [2.24, 2.45) is 0 Å². The zero-order chi connectivity index (χ0) is 30.2. The quantitative estimate of drug-likeness (QED) is 0.343. The van der Waals surface area contributed by atoms with Crippen molar-refractivity contribution < 1.29 is 33.0 Å². The highest BCUT2D eigenvalue weighted by atomic mass is 35.5. The van der Waals surface area contributed by atoms with Gasteiger partial charge in [0, 0.05) is 48.4 Å². The summed E-state index contributed by atoms with van der Waals surface area (Å²) < 4.78 is 32.1. The maximum absolute atomic E-state index is 15.6. The van der Waals surface area contributed by atoms with Crippen molar-refractivity contribution in [2.75, 3.05) is 56.5 Å². The molecule has 12 heteroatoms. The van der Waals surface area contributed by atoms with Crippen LogP contribution in [0.2, 0.25) is 10.0 Å². The zero-order valence-electron chi connectivity index (χ0n) is 23.3. The lowest BCUT2D eigenvalue weighted by Crippen LogP contribution is -2.38. The van der Waals surface area contributed by atoms with E-state index in [9.17, 15) is 14.4 Å². The SMILES string of the molecule is COC(=O)c1cc(F)c(-c2cccc3c2OCN(C(=O)c2c(Cl)cc(N4CCCC4=O)cc2Cl)C3)cc1N1CCOCC1. The molecular formula is C31H28Cl2FN3O6. The molecule has 2 fully saturated rings. The first-order chi connectivity index (χ1) is 20.8. The first kappa shape index (κ1) is 29.2. The summed E-state index contributed by atoms with van der Waals surface area (Å²) in [5.74, 6) is -1.26. The summed E-state index contributed by atoms with van der Waals surface area (Å²) in [6.45, 7) is 2.64. The monoisotopic (exact) mass is 627 g/mol. The number of benzene rings is 3. The van der Waals surface area contributed by atoms with Gasteiger partial charge in [0.25, 0.3) is 5.91 Å². The second kappa shape index (κ2) is 12.0. The van der Waals surface area contributed by atoms with Gasteiger partial charge in [-0.15, -0.1) is 0 Å². The van der Waals surface area contributed by atoms with E-state index in [0.29, 0.717) is 67.5 Å². The van der Waals surface area contributed by atoms with E-state index >= 15 is 4.39 Å². The van der Waals surface area contributed by atoms with Crippen LogP contribution >= 0.6 is 23.2 Å². The Morgan fingerprint density at radius 3 is 2.42 bits per heavy atom. The van der Waals surface area contributed by atoms with E-state index in [4.69, 9.17) is 37.4 Å². The number of carbonyl (C=O) groups is 3. The molecule has 6 rings (SSSR count). The molecule has 0 radical (unpaired) electrons. The van der Waals surface area contributed by atoms with Crippen LogP contribution in [-0.2, 0) is 20.8 Å². The van der Waals surface area contributed by atoms with Gasteiger partial charge in [-0.1, -0.05) is 41.4 Å². The van der Waals surface area contributed by atoms with Crippen molar-refractivity contribution in [1.82, 2.24) is 4.90 Å². The lowest BCUT2D eigenvalue weighted by Gasteiger charge is -2.32. The van der Waals surface area contributed by atoms with Crippen molar-refractivity contribution in [2.45, 2.75) is 19.4 Å². The minimum absolute atomic E-state index is 0.0171. The number of carbonyl (C=O) groups excluding carboxylic acids is 3. The van der Waals surface area contributed by atoms with E-state index in [2.05, 4.69) is 0 Å². The molecule has 3 aliphatic heterocycles. The van der Waals surface area contributed by atoms with Gasteiger partial charge in [0.2, 0.25) is 5.91 Å². The summed E-state index contributed by atoms with van der Waals surface area (Å²) in [4.78, 5) is 43.3. The Balaban J connectivity index is 1.30. The van der Waals surface area contributed by atoms with Crippen LogP contribution in [0.25, 0.3) is 11.1 Å². The Morgan fingerprint density at radius 2 is 1.74 bits per heavy atom. The summed E-state index contributed by atoms with van der Waals surface area (Å²) in [6, 6.07) is 11.3. The predicted molar refractivity (Wildman–Crippen MR) is 160 cm³/mol. The van der Waals surface area contributed by atoms with E-state index in [1.807, 2.05) is 4.90 Å². The summed E-state index contributed by atoms with van der Waals surface area (Å²) in [7, 11) is 1.26. The van der Waals surface area contributed by atoms with Crippen LogP contribution in [0.4, 0.5) is 15.8 Å². The molecule has 3 aromatic carbocycles. The molecule has 3 aliphatic rings. The van der Waals surface area contributed by atoms with Crippen LogP contribution in [0.3, 0.4) is 0 Å². The van der Waals surface area contributed by atoms with Gasteiger partial charge in [-0.25, -0.2) is 9.18 Å². The first-order valence-electron chi connectivity index (χ1n) is 13.8. The minimum Gasteiger partial charge on any atom is -0.472 e. The number of ether oxygens (including phenoxy) is 3. The molecule has 224 valence electrons. The number of rotatable bonds is 5. The lowest BCUT2D eigenvalue weighted by atomic mass is 9.97. The Labute approximate surface area is 257 Å². The van der Waals surface area contributed by atoms with Crippen LogP contribution < -0.4 is 14.5 Å². The molecule has 0 saturated carbocycles. The van der Waals surface area contributed by atoms with Crippen LogP contribution in [-0.4, -0.2) is 69.4 Å². The van der Waals surface area contributed by atoms with Crippen molar-refractivity contribution in [3.05, 3.63) is 75.0 Å². The normalized spacial score (nSPS) is 16.7. The number of amides is 2. The van der Waals surface area contributed by atoms with Crippen LogP contribution in [0.15, 0.2) is 42.5 Å². The van der Waals surface area contributed by atoms with Gasteiger partial charge in [-0.05, 0) is 30.7 Å². The number of nitrogens with zero attached hydrogens (tertiary/aromatic N) is 3. The molecule has 0 aliphatic carbocycles.